The zero-order chi connectivity index (χ0) is 20.6. The minimum atomic E-state index is -0.970. The highest BCUT2D eigenvalue weighted by Gasteiger charge is 2.18. The van der Waals surface area contributed by atoms with Crippen LogP contribution in [0.2, 0.25) is 0 Å². The van der Waals surface area contributed by atoms with Gasteiger partial charge in [0, 0.05) is 23.4 Å². The van der Waals surface area contributed by atoms with Gasteiger partial charge in [0.25, 0.3) is 5.91 Å². The smallest absolute Gasteiger partial charge is 0.331 e. The van der Waals surface area contributed by atoms with E-state index in [2.05, 4.69) is 5.32 Å². The van der Waals surface area contributed by atoms with Crippen LogP contribution in [0.4, 0.5) is 5.69 Å². The van der Waals surface area contributed by atoms with Gasteiger partial charge in [0.05, 0.1) is 6.61 Å². The molecule has 0 aliphatic carbocycles. The van der Waals surface area contributed by atoms with E-state index in [-0.39, 0.29) is 0 Å². The monoisotopic (exact) mass is 397 g/mol. The fourth-order valence-electron chi connectivity index (χ4n) is 2.70. The maximum Gasteiger partial charge on any atom is 0.331 e. The lowest BCUT2D eigenvalue weighted by Crippen LogP contribution is -2.29. The molecule has 0 unspecified atom stereocenters. The Hall–Kier alpha value is -3.48. The molecule has 0 fully saturated rings. The molecule has 7 nitrogen and oxygen atoms in total. The van der Waals surface area contributed by atoms with Crippen LogP contribution >= 0.6 is 0 Å². The highest BCUT2D eigenvalue weighted by atomic mass is 16.6. The van der Waals surface area contributed by atoms with Crippen molar-refractivity contribution in [2.75, 3.05) is 25.1 Å². The van der Waals surface area contributed by atoms with Crippen LogP contribution in [0.25, 0.3) is 6.08 Å². The summed E-state index contributed by atoms with van der Waals surface area (Å²) in [6, 6.07) is 12.4. The van der Waals surface area contributed by atoms with E-state index < -0.39 is 18.0 Å². The van der Waals surface area contributed by atoms with Crippen molar-refractivity contribution in [2.45, 2.75) is 20.0 Å². The maximum absolute atomic E-state index is 12.3. The fourth-order valence-corrected chi connectivity index (χ4v) is 2.70. The Morgan fingerprint density at radius 2 is 1.90 bits per heavy atom. The van der Waals surface area contributed by atoms with Gasteiger partial charge in [-0.05, 0) is 38.1 Å². The van der Waals surface area contributed by atoms with Crippen molar-refractivity contribution in [3.8, 4) is 17.2 Å². The molecule has 3 rings (SSSR count). The van der Waals surface area contributed by atoms with E-state index in [0.29, 0.717) is 42.8 Å². The first-order valence-corrected chi connectivity index (χ1v) is 9.38. The number of nitrogens with one attached hydrogen (secondary N) is 1. The van der Waals surface area contributed by atoms with Crippen LogP contribution in [0.1, 0.15) is 19.4 Å². The summed E-state index contributed by atoms with van der Waals surface area (Å²) < 4.78 is 21.6. The Balaban J connectivity index is 1.56. The lowest BCUT2D eigenvalue weighted by Gasteiger charge is -2.19. The van der Waals surface area contributed by atoms with Crippen LogP contribution in [0.15, 0.2) is 48.5 Å². The third-order valence-electron chi connectivity index (χ3n) is 4.09. The number of carbonyl (C=O) groups is 2. The van der Waals surface area contributed by atoms with E-state index in [0.717, 1.165) is 5.56 Å². The molecule has 0 spiro atoms. The summed E-state index contributed by atoms with van der Waals surface area (Å²) >= 11 is 0. The van der Waals surface area contributed by atoms with Crippen LogP contribution in [0, 0.1) is 0 Å². The number of rotatable bonds is 7. The first-order valence-electron chi connectivity index (χ1n) is 9.38. The van der Waals surface area contributed by atoms with E-state index >= 15 is 0 Å². The van der Waals surface area contributed by atoms with E-state index in [9.17, 15) is 9.59 Å². The second kappa shape index (κ2) is 9.64. The number of hydrogen-bond acceptors (Lipinski definition) is 6. The number of hydrogen-bond donors (Lipinski definition) is 1. The van der Waals surface area contributed by atoms with Gasteiger partial charge >= 0.3 is 5.97 Å². The van der Waals surface area contributed by atoms with Crippen molar-refractivity contribution in [2.24, 2.45) is 0 Å². The molecule has 0 radical (unpaired) electrons. The Bertz CT molecular complexity index is 908. The molecule has 29 heavy (non-hydrogen) atoms. The van der Waals surface area contributed by atoms with Crippen LogP contribution < -0.4 is 19.5 Å². The molecule has 0 saturated carbocycles. The third kappa shape index (κ3) is 5.51. The highest BCUT2D eigenvalue weighted by molar-refractivity contribution is 5.97. The standard InChI is InChI=1S/C22H23NO6/c1-3-26-18-7-5-4-6-16(18)8-11-21(24)29-15(2)22(25)23-17-9-10-19-20(14-17)28-13-12-27-19/h4-11,14-15H,3,12-13H2,1-2H3,(H,23,25)/b11-8+/t15-/m0/s1. The average molecular weight is 397 g/mol. The minimum Gasteiger partial charge on any atom is -0.493 e. The minimum absolute atomic E-state index is 0.446. The number of amides is 1. The van der Waals surface area contributed by atoms with Gasteiger partial charge in [-0.15, -0.1) is 0 Å². The molecule has 0 bridgehead atoms. The number of fused-ring (bicyclic) bond motifs is 1. The SMILES string of the molecule is CCOc1ccccc1/C=C/C(=O)O[C@@H](C)C(=O)Nc1ccc2c(c1)OCCO2. The zero-order valence-electron chi connectivity index (χ0n) is 16.3. The van der Waals surface area contributed by atoms with Crippen LogP contribution in [0.3, 0.4) is 0 Å². The first-order chi connectivity index (χ1) is 14.1. The average Bonchev–Trinajstić information content (AvgIpc) is 2.73. The van der Waals surface area contributed by atoms with Gasteiger partial charge in [-0.1, -0.05) is 18.2 Å². The molecular formula is C22H23NO6. The van der Waals surface area contributed by atoms with Gasteiger partial charge in [0.15, 0.2) is 17.6 Å². The molecule has 7 heteroatoms. The Morgan fingerprint density at radius 1 is 1.14 bits per heavy atom. The molecule has 1 heterocycles. The van der Waals surface area contributed by atoms with E-state index in [1.54, 1.807) is 24.3 Å². The molecular weight excluding hydrogens is 374 g/mol. The number of esters is 1. The summed E-state index contributed by atoms with van der Waals surface area (Å²) in [5.74, 6) is 0.795. The molecule has 0 aromatic heterocycles. The zero-order valence-corrected chi connectivity index (χ0v) is 16.3. The van der Waals surface area contributed by atoms with E-state index in [1.807, 2.05) is 31.2 Å². The van der Waals surface area contributed by atoms with Crippen LogP contribution in [0.5, 0.6) is 17.2 Å². The topological polar surface area (TPSA) is 83.1 Å². The fraction of sp³-hybridized carbons (Fsp3) is 0.273. The number of para-hydroxylation sites is 1. The summed E-state index contributed by atoms with van der Waals surface area (Å²) in [5, 5.41) is 2.70. The van der Waals surface area contributed by atoms with Crippen molar-refractivity contribution >= 4 is 23.6 Å². The molecule has 1 aliphatic rings. The molecule has 1 atom stereocenters. The number of carbonyl (C=O) groups excluding carboxylic acids is 2. The van der Waals surface area contributed by atoms with Crippen molar-refractivity contribution in [3.05, 3.63) is 54.1 Å². The third-order valence-corrected chi connectivity index (χ3v) is 4.09. The molecule has 0 saturated heterocycles. The number of benzene rings is 2. The van der Waals surface area contributed by atoms with Crippen LogP contribution in [-0.4, -0.2) is 37.8 Å². The van der Waals surface area contributed by atoms with Gasteiger partial charge in [-0.3, -0.25) is 4.79 Å². The Kier molecular flexibility index (Phi) is 6.73. The summed E-state index contributed by atoms with van der Waals surface area (Å²) in [5.41, 5.74) is 1.28. The van der Waals surface area contributed by atoms with Crippen LogP contribution in [-0.2, 0) is 14.3 Å². The lowest BCUT2D eigenvalue weighted by molar-refractivity contribution is -0.148. The molecule has 152 valence electrons. The largest absolute Gasteiger partial charge is 0.493 e. The van der Waals surface area contributed by atoms with E-state index in [4.69, 9.17) is 18.9 Å². The Labute approximate surface area is 169 Å². The predicted octanol–water partition coefficient (Wildman–Crippen LogP) is 3.44. The number of ether oxygens (including phenoxy) is 4. The number of anilines is 1. The van der Waals surface area contributed by atoms with Crippen molar-refractivity contribution in [1.29, 1.82) is 0 Å². The summed E-state index contributed by atoms with van der Waals surface area (Å²) in [6.45, 7) is 4.86. The molecule has 1 aliphatic heterocycles. The molecule has 2 aromatic carbocycles. The maximum atomic E-state index is 12.3. The quantitative estimate of drug-likeness (QED) is 0.569. The Morgan fingerprint density at radius 3 is 2.69 bits per heavy atom. The first kappa shape index (κ1) is 20.3. The van der Waals surface area contributed by atoms with Crippen molar-refractivity contribution < 1.29 is 28.5 Å². The van der Waals surface area contributed by atoms with Gasteiger partial charge in [-0.25, -0.2) is 4.79 Å². The summed E-state index contributed by atoms with van der Waals surface area (Å²) in [4.78, 5) is 24.4. The highest BCUT2D eigenvalue weighted by Crippen LogP contribution is 2.32. The molecule has 2 aromatic rings. The van der Waals surface area contributed by atoms with E-state index in [1.165, 1.54) is 13.0 Å². The summed E-state index contributed by atoms with van der Waals surface area (Å²) in [7, 11) is 0. The normalized spacial score (nSPS) is 13.6. The van der Waals surface area contributed by atoms with Gasteiger partial charge in [-0.2, -0.15) is 0 Å². The molecule has 1 N–H and O–H groups in total. The van der Waals surface area contributed by atoms with Gasteiger partial charge in [0.1, 0.15) is 19.0 Å². The predicted molar refractivity (Wildman–Crippen MR) is 108 cm³/mol. The van der Waals surface area contributed by atoms with Gasteiger partial charge in [0.2, 0.25) is 0 Å². The summed E-state index contributed by atoms with van der Waals surface area (Å²) in [6.07, 6.45) is 1.90. The van der Waals surface area contributed by atoms with Gasteiger partial charge < -0.3 is 24.3 Å². The van der Waals surface area contributed by atoms with Crippen molar-refractivity contribution in [1.82, 2.24) is 0 Å². The second-order valence-corrected chi connectivity index (χ2v) is 6.23. The van der Waals surface area contributed by atoms with Crippen molar-refractivity contribution in [3.63, 3.8) is 0 Å². The lowest BCUT2D eigenvalue weighted by atomic mass is 10.2. The molecule has 1 amide bonds. The second-order valence-electron chi connectivity index (χ2n) is 6.23.